The zero-order chi connectivity index (χ0) is 17.6. The van der Waals surface area contributed by atoms with Gasteiger partial charge >= 0.3 is 0 Å². The molecule has 0 radical (unpaired) electrons. The highest BCUT2D eigenvalue weighted by molar-refractivity contribution is 5.48. The van der Waals surface area contributed by atoms with Crippen molar-refractivity contribution in [1.29, 1.82) is 0 Å². The van der Waals surface area contributed by atoms with Gasteiger partial charge in [0.2, 0.25) is 5.95 Å². The number of nitrogens with zero attached hydrogens (tertiary/aromatic N) is 3. The van der Waals surface area contributed by atoms with Crippen LogP contribution in [0.25, 0.3) is 0 Å². The molecule has 0 saturated carbocycles. The lowest BCUT2D eigenvalue weighted by Gasteiger charge is -2.26. The van der Waals surface area contributed by atoms with Crippen molar-refractivity contribution in [3.63, 3.8) is 0 Å². The van der Waals surface area contributed by atoms with Crippen LogP contribution >= 0.6 is 0 Å². The zero-order valence-corrected chi connectivity index (χ0v) is 14.5. The Balaban J connectivity index is 1.58. The summed E-state index contributed by atoms with van der Waals surface area (Å²) in [6, 6.07) is 4.82. The van der Waals surface area contributed by atoms with E-state index in [1.807, 2.05) is 13.8 Å². The van der Waals surface area contributed by atoms with Gasteiger partial charge < -0.3 is 19.7 Å². The second kappa shape index (κ2) is 8.11. The number of nitrogens with one attached hydrogen (secondary N) is 1. The highest BCUT2D eigenvalue weighted by atomic mass is 19.1. The van der Waals surface area contributed by atoms with E-state index in [1.165, 1.54) is 6.07 Å². The molecule has 1 aromatic heterocycles. The van der Waals surface area contributed by atoms with Crippen LogP contribution in [0.1, 0.15) is 19.4 Å². The lowest BCUT2D eigenvalue weighted by Crippen LogP contribution is -2.37. The third kappa shape index (κ3) is 4.79. The molecule has 1 N–H and O–H groups in total. The van der Waals surface area contributed by atoms with Gasteiger partial charge in [-0.25, -0.2) is 14.4 Å². The van der Waals surface area contributed by atoms with Crippen LogP contribution < -0.4 is 15.0 Å². The second-order valence-corrected chi connectivity index (χ2v) is 6.15. The molecule has 134 valence electrons. The fourth-order valence-corrected chi connectivity index (χ4v) is 2.55. The Bertz CT molecular complexity index is 688. The second-order valence-electron chi connectivity index (χ2n) is 6.15. The van der Waals surface area contributed by atoms with E-state index in [2.05, 4.69) is 20.2 Å². The molecular formula is C18H23FN4O2. The molecule has 0 amide bonds. The molecule has 1 aromatic carbocycles. The van der Waals surface area contributed by atoms with E-state index in [9.17, 15) is 4.39 Å². The van der Waals surface area contributed by atoms with Crippen molar-refractivity contribution < 1.29 is 13.9 Å². The Morgan fingerprint density at radius 1 is 1.24 bits per heavy atom. The number of benzene rings is 1. The topological polar surface area (TPSA) is 59.5 Å². The van der Waals surface area contributed by atoms with Gasteiger partial charge in [-0.3, -0.25) is 0 Å². The first-order valence-corrected chi connectivity index (χ1v) is 8.45. The van der Waals surface area contributed by atoms with Gasteiger partial charge in [0.15, 0.2) is 0 Å². The Morgan fingerprint density at radius 2 is 1.96 bits per heavy atom. The van der Waals surface area contributed by atoms with Gasteiger partial charge in [-0.15, -0.1) is 0 Å². The van der Waals surface area contributed by atoms with E-state index in [4.69, 9.17) is 9.47 Å². The van der Waals surface area contributed by atoms with Crippen molar-refractivity contribution in [2.75, 3.05) is 36.5 Å². The van der Waals surface area contributed by atoms with Gasteiger partial charge in [0.05, 0.1) is 25.0 Å². The lowest BCUT2D eigenvalue weighted by atomic mass is 10.2. The molecule has 0 unspecified atom stereocenters. The van der Waals surface area contributed by atoms with Gasteiger partial charge in [0.25, 0.3) is 0 Å². The fourth-order valence-electron chi connectivity index (χ4n) is 2.55. The molecule has 1 fully saturated rings. The van der Waals surface area contributed by atoms with Gasteiger partial charge in [-0.2, -0.15) is 0 Å². The van der Waals surface area contributed by atoms with Crippen molar-refractivity contribution in [2.45, 2.75) is 26.5 Å². The Morgan fingerprint density at radius 3 is 2.60 bits per heavy atom. The number of hydrogen-bond donors (Lipinski definition) is 1. The molecule has 7 heteroatoms. The summed E-state index contributed by atoms with van der Waals surface area (Å²) in [5.41, 5.74) is 1.31. The van der Waals surface area contributed by atoms with Crippen molar-refractivity contribution >= 4 is 11.6 Å². The van der Waals surface area contributed by atoms with Crippen LogP contribution in [0.4, 0.5) is 16.0 Å². The van der Waals surface area contributed by atoms with E-state index < -0.39 is 0 Å². The standard InChI is InChI=1S/C18H23FN4O2/c1-13(2)25-15-3-4-17(16(19)9-15)20-10-14-11-21-18(22-12-14)23-5-7-24-8-6-23/h3-4,9,11-13,20H,5-8,10H2,1-2H3. The molecule has 1 saturated heterocycles. The van der Waals surface area contributed by atoms with Gasteiger partial charge in [-0.1, -0.05) is 0 Å². The quantitative estimate of drug-likeness (QED) is 0.868. The highest BCUT2D eigenvalue weighted by Crippen LogP contribution is 2.22. The summed E-state index contributed by atoms with van der Waals surface area (Å²) in [5, 5.41) is 3.06. The van der Waals surface area contributed by atoms with E-state index in [0.717, 1.165) is 18.7 Å². The van der Waals surface area contributed by atoms with E-state index in [0.29, 0.717) is 37.1 Å². The number of anilines is 2. The van der Waals surface area contributed by atoms with Crippen LogP contribution in [0.2, 0.25) is 0 Å². The van der Waals surface area contributed by atoms with E-state index >= 15 is 0 Å². The van der Waals surface area contributed by atoms with Gasteiger partial charge in [-0.05, 0) is 26.0 Å². The largest absolute Gasteiger partial charge is 0.491 e. The Kier molecular flexibility index (Phi) is 5.65. The number of aromatic nitrogens is 2. The molecule has 2 heterocycles. The van der Waals surface area contributed by atoms with Crippen LogP contribution in [0.3, 0.4) is 0 Å². The average molecular weight is 346 g/mol. The van der Waals surface area contributed by atoms with Crippen molar-refractivity contribution in [1.82, 2.24) is 9.97 Å². The minimum Gasteiger partial charge on any atom is -0.491 e. The summed E-state index contributed by atoms with van der Waals surface area (Å²) in [6.07, 6.45) is 3.54. The third-order valence-electron chi connectivity index (χ3n) is 3.78. The molecule has 6 nitrogen and oxygen atoms in total. The first-order valence-electron chi connectivity index (χ1n) is 8.45. The highest BCUT2D eigenvalue weighted by Gasteiger charge is 2.13. The average Bonchev–Trinajstić information content (AvgIpc) is 2.62. The molecule has 2 aromatic rings. The summed E-state index contributed by atoms with van der Waals surface area (Å²) in [6.45, 7) is 7.26. The Labute approximate surface area is 147 Å². The third-order valence-corrected chi connectivity index (χ3v) is 3.78. The fraction of sp³-hybridized carbons (Fsp3) is 0.444. The van der Waals surface area contributed by atoms with E-state index in [-0.39, 0.29) is 11.9 Å². The zero-order valence-electron chi connectivity index (χ0n) is 14.5. The summed E-state index contributed by atoms with van der Waals surface area (Å²) < 4.78 is 24.9. The van der Waals surface area contributed by atoms with Gasteiger partial charge in [0, 0.05) is 43.7 Å². The van der Waals surface area contributed by atoms with Crippen LogP contribution in [-0.2, 0) is 11.3 Å². The lowest BCUT2D eigenvalue weighted by molar-refractivity contribution is 0.122. The molecule has 25 heavy (non-hydrogen) atoms. The predicted molar refractivity (Wildman–Crippen MR) is 94.6 cm³/mol. The number of rotatable bonds is 6. The van der Waals surface area contributed by atoms with E-state index in [1.54, 1.807) is 24.5 Å². The number of hydrogen-bond acceptors (Lipinski definition) is 6. The Hall–Kier alpha value is -2.41. The maximum Gasteiger partial charge on any atom is 0.225 e. The monoisotopic (exact) mass is 346 g/mol. The summed E-state index contributed by atoms with van der Waals surface area (Å²) >= 11 is 0. The summed E-state index contributed by atoms with van der Waals surface area (Å²) in [5.74, 6) is 0.883. The smallest absolute Gasteiger partial charge is 0.225 e. The first-order chi connectivity index (χ1) is 12.1. The normalized spacial score (nSPS) is 14.6. The van der Waals surface area contributed by atoms with Crippen LogP contribution in [0.15, 0.2) is 30.6 Å². The molecule has 3 rings (SSSR count). The maximum absolute atomic E-state index is 14.1. The minimum absolute atomic E-state index is 0.0142. The van der Waals surface area contributed by atoms with Crippen LogP contribution in [0.5, 0.6) is 5.75 Å². The molecule has 0 aliphatic carbocycles. The SMILES string of the molecule is CC(C)Oc1ccc(NCc2cnc(N3CCOCC3)nc2)c(F)c1. The van der Waals surface area contributed by atoms with Crippen LogP contribution in [0, 0.1) is 5.82 Å². The number of morpholine rings is 1. The maximum atomic E-state index is 14.1. The molecule has 0 bridgehead atoms. The molecule has 1 aliphatic heterocycles. The van der Waals surface area contributed by atoms with Crippen molar-refractivity contribution in [2.24, 2.45) is 0 Å². The predicted octanol–water partition coefficient (Wildman–Crippen LogP) is 2.85. The van der Waals surface area contributed by atoms with Crippen molar-refractivity contribution in [3.05, 3.63) is 42.0 Å². The molecule has 0 atom stereocenters. The molecule has 0 spiro atoms. The van der Waals surface area contributed by atoms with Crippen LogP contribution in [-0.4, -0.2) is 42.4 Å². The number of ether oxygens (including phenoxy) is 2. The number of halogens is 1. The minimum atomic E-state index is -0.344. The first kappa shape index (κ1) is 17.4. The van der Waals surface area contributed by atoms with Gasteiger partial charge in [0.1, 0.15) is 11.6 Å². The molecular weight excluding hydrogens is 323 g/mol. The summed E-state index contributed by atoms with van der Waals surface area (Å²) in [7, 11) is 0. The molecule has 1 aliphatic rings. The van der Waals surface area contributed by atoms with Crippen molar-refractivity contribution in [3.8, 4) is 5.75 Å². The summed E-state index contributed by atoms with van der Waals surface area (Å²) in [4.78, 5) is 10.9.